The van der Waals surface area contributed by atoms with Crippen molar-refractivity contribution < 1.29 is 28.3 Å². The maximum atomic E-state index is 13.8. The molecule has 47 heavy (non-hydrogen) atoms. The fourth-order valence-corrected chi connectivity index (χ4v) is 7.58. The van der Waals surface area contributed by atoms with Crippen molar-refractivity contribution in [2.24, 2.45) is 0 Å². The van der Waals surface area contributed by atoms with Gasteiger partial charge in [-0.3, -0.25) is 0 Å². The monoisotopic (exact) mass is 675 g/mol. The van der Waals surface area contributed by atoms with Gasteiger partial charge in [-0.05, 0) is 73.9 Å². The second kappa shape index (κ2) is 13.2. The first-order valence-electron chi connectivity index (χ1n) is 15.9. The fraction of sp³-hybridized carbons (Fsp3) is 0.361. The number of ether oxygens (including phenoxy) is 3. The molecule has 3 fully saturated rings. The molecule has 11 heteroatoms. The number of benzene rings is 3. The highest BCUT2D eigenvalue weighted by Crippen LogP contribution is 2.47. The Kier molecular flexibility index (Phi) is 8.87. The van der Waals surface area contributed by atoms with Crippen molar-refractivity contribution in [2.75, 3.05) is 19.5 Å². The van der Waals surface area contributed by atoms with E-state index >= 15 is 0 Å². The van der Waals surface area contributed by atoms with Crippen LogP contribution in [-0.4, -0.2) is 54.5 Å². The number of hydrogen-bond donors (Lipinski definition) is 1. The number of carbonyl (C=O) groups is 2. The highest BCUT2D eigenvalue weighted by Gasteiger charge is 2.44. The van der Waals surface area contributed by atoms with Crippen LogP contribution in [0.5, 0.6) is 5.75 Å². The number of carbonyl (C=O) groups excluding carboxylic acids is 2. The van der Waals surface area contributed by atoms with Crippen LogP contribution >= 0.6 is 23.2 Å². The maximum absolute atomic E-state index is 13.8. The van der Waals surface area contributed by atoms with Crippen LogP contribution in [0.15, 0.2) is 65.2 Å². The first-order valence-corrected chi connectivity index (χ1v) is 16.6. The van der Waals surface area contributed by atoms with Crippen molar-refractivity contribution >= 4 is 40.9 Å². The molecule has 0 spiro atoms. The number of piperidine rings is 1. The molecule has 1 aromatic heterocycles. The van der Waals surface area contributed by atoms with Crippen LogP contribution in [0.2, 0.25) is 10.0 Å². The van der Waals surface area contributed by atoms with Crippen LogP contribution in [0.4, 0.5) is 10.5 Å². The SMILES string of the molecule is COC(=O)c1cc(OC)c(NC(=O)N2C3CCC2CC(OCc2c(-c4c(Cl)cccc4Cl)noc2C2CC2)C3)cc1-c1ccccc1. The van der Waals surface area contributed by atoms with E-state index in [1.165, 1.54) is 14.2 Å². The van der Waals surface area contributed by atoms with Crippen LogP contribution in [0.1, 0.15) is 66.1 Å². The quantitative estimate of drug-likeness (QED) is 0.177. The van der Waals surface area contributed by atoms with Gasteiger partial charge in [-0.1, -0.05) is 64.8 Å². The highest BCUT2D eigenvalue weighted by molar-refractivity contribution is 6.39. The van der Waals surface area contributed by atoms with E-state index in [0.29, 0.717) is 69.2 Å². The average molecular weight is 677 g/mol. The number of fused-ring (bicyclic) bond motifs is 2. The minimum Gasteiger partial charge on any atom is -0.495 e. The zero-order valence-electron chi connectivity index (χ0n) is 26.1. The molecule has 2 unspecified atom stereocenters. The third kappa shape index (κ3) is 6.20. The minimum atomic E-state index is -0.488. The summed E-state index contributed by atoms with van der Waals surface area (Å²) in [6.07, 6.45) is 5.29. The second-order valence-electron chi connectivity index (χ2n) is 12.3. The van der Waals surface area contributed by atoms with Gasteiger partial charge in [-0.2, -0.15) is 0 Å². The van der Waals surface area contributed by atoms with E-state index in [0.717, 1.165) is 42.6 Å². The Hall–Kier alpha value is -4.05. The molecule has 1 N–H and O–H groups in total. The third-order valence-corrected chi connectivity index (χ3v) is 10.1. The number of urea groups is 1. The van der Waals surface area contributed by atoms with Gasteiger partial charge >= 0.3 is 12.0 Å². The lowest BCUT2D eigenvalue weighted by Gasteiger charge is -2.38. The lowest BCUT2D eigenvalue weighted by molar-refractivity contribution is -0.0158. The molecule has 3 aliphatic rings. The summed E-state index contributed by atoms with van der Waals surface area (Å²) in [4.78, 5) is 28.5. The number of halogens is 2. The zero-order chi connectivity index (χ0) is 32.7. The Morgan fingerprint density at radius 1 is 0.957 bits per heavy atom. The first kappa shape index (κ1) is 31.5. The number of nitrogens with zero attached hydrogens (tertiary/aromatic N) is 2. The van der Waals surface area contributed by atoms with Crippen LogP contribution in [0.25, 0.3) is 22.4 Å². The Morgan fingerprint density at radius 3 is 2.30 bits per heavy atom. The van der Waals surface area contributed by atoms with Gasteiger partial charge < -0.3 is 29.0 Å². The van der Waals surface area contributed by atoms with E-state index in [2.05, 4.69) is 10.5 Å². The molecular formula is C36H35Cl2N3O6. The lowest BCUT2D eigenvalue weighted by Crippen LogP contribution is -2.50. The topological polar surface area (TPSA) is 103 Å². The van der Waals surface area contributed by atoms with E-state index in [-0.39, 0.29) is 24.2 Å². The molecule has 1 aliphatic carbocycles. The Labute approximate surface area is 283 Å². The van der Waals surface area contributed by atoms with Gasteiger partial charge in [0.25, 0.3) is 0 Å². The molecule has 3 aromatic carbocycles. The zero-order valence-corrected chi connectivity index (χ0v) is 27.6. The predicted molar refractivity (Wildman–Crippen MR) is 179 cm³/mol. The third-order valence-electron chi connectivity index (χ3n) is 9.43. The van der Waals surface area contributed by atoms with Crippen molar-refractivity contribution in [1.29, 1.82) is 0 Å². The Morgan fingerprint density at radius 2 is 1.66 bits per heavy atom. The number of esters is 1. The fourth-order valence-electron chi connectivity index (χ4n) is 7.01. The molecule has 2 atom stereocenters. The van der Waals surface area contributed by atoms with Gasteiger partial charge in [0.05, 0.1) is 48.2 Å². The van der Waals surface area contributed by atoms with Gasteiger partial charge in [-0.15, -0.1) is 0 Å². The van der Waals surface area contributed by atoms with Crippen molar-refractivity contribution in [3.8, 4) is 28.1 Å². The lowest BCUT2D eigenvalue weighted by atomic mass is 9.98. The smallest absolute Gasteiger partial charge is 0.338 e. The van der Waals surface area contributed by atoms with Crippen LogP contribution in [0, 0.1) is 0 Å². The molecule has 7 rings (SSSR count). The van der Waals surface area contributed by atoms with Gasteiger partial charge in [0.2, 0.25) is 0 Å². The van der Waals surface area contributed by atoms with Crippen molar-refractivity contribution in [2.45, 2.75) is 69.2 Å². The Bertz CT molecular complexity index is 1770. The van der Waals surface area contributed by atoms with Gasteiger partial charge in [0.1, 0.15) is 17.2 Å². The largest absolute Gasteiger partial charge is 0.495 e. The van der Waals surface area contributed by atoms with Crippen LogP contribution in [0.3, 0.4) is 0 Å². The molecule has 3 heterocycles. The van der Waals surface area contributed by atoms with E-state index in [9.17, 15) is 9.59 Å². The molecule has 1 saturated carbocycles. The summed E-state index contributed by atoms with van der Waals surface area (Å²) in [5.41, 5.74) is 4.47. The van der Waals surface area contributed by atoms with Crippen molar-refractivity contribution in [3.63, 3.8) is 0 Å². The number of amides is 2. The summed E-state index contributed by atoms with van der Waals surface area (Å²) < 4.78 is 23.0. The number of aromatic nitrogens is 1. The molecular weight excluding hydrogens is 641 g/mol. The molecule has 2 bridgehead atoms. The summed E-state index contributed by atoms with van der Waals surface area (Å²) in [6, 6.07) is 18.1. The van der Waals surface area contributed by atoms with Crippen molar-refractivity contribution in [1.82, 2.24) is 10.1 Å². The number of methoxy groups -OCH3 is 2. The van der Waals surface area contributed by atoms with E-state index in [4.69, 9.17) is 41.9 Å². The predicted octanol–water partition coefficient (Wildman–Crippen LogP) is 8.73. The summed E-state index contributed by atoms with van der Waals surface area (Å²) in [5, 5.41) is 8.50. The second-order valence-corrected chi connectivity index (χ2v) is 13.1. The minimum absolute atomic E-state index is 0.0236. The maximum Gasteiger partial charge on any atom is 0.338 e. The van der Waals surface area contributed by atoms with Crippen LogP contribution < -0.4 is 10.1 Å². The highest BCUT2D eigenvalue weighted by atomic mass is 35.5. The van der Waals surface area contributed by atoms with Crippen LogP contribution in [-0.2, 0) is 16.1 Å². The molecule has 4 aromatic rings. The molecule has 2 saturated heterocycles. The number of anilines is 1. The Balaban J connectivity index is 1.08. The molecule has 0 radical (unpaired) electrons. The normalized spacial score (nSPS) is 20.3. The van der Waals surface area contributed by atoms with E-state index in [1.807, 2.05) is 41.3 Å². The average Bonchev–Trinajstić information content (AvgIpc) is 3.79. The molecule has 9 nitrogen and oxygen atoms in total. The molecule has 244 valence electrons. The standard InChI is InChI=1S/C36H35Cl2N3O6/c1-44-31-18-26(35(42)45-2)25(20-7-4-3-5-8-20)17-30(31)39-36(43)41-22-13-14-23(41)16-24(15-22)46-19-27-33(40-47-34(27)21-11-12-21)32-28(37)9-6-10-29(32)38/h3-10,17-18,21-24H,11-16,19H2,1-2H3,(H,39,43). The number of rotatable bonds is 9. The summed E-state index contributed by atoms with van der Waals surface area (Å²) >= 11 is 13.1. The van der Waals surface area contributed by atoms with Gasteiger partial charge in [-0.25, -0.2) is 9.59 Å². The van der Waals surface area contributed by atoms with Gasteiger partial charge in [0, 0.05) is 29.1 Å². The van der Waals surface area contributed by atoms with Gasteiger partial charge in [0.15, 0.2) is 0 Å². The number of nitrogens with one attached hydrogen (secondary N) is 1. The first-order chi connectivity index (χ1) is 22.9. The molecule has 2 amide bonds. The summed E-state index contributed by atoms with van der Waals surface area (Å²) in [5.74, 6) is 1.06. The summed E-state index contributed by atoms with van der Waals surface area (Å²) in [7, 11) is 2.85. The van der Waals surface area contributed by atoms with Crippen molar-refractivity contribution in [3.05, 3.63) is 87.6 Å². The summed E-state index contributed by atoms with van der Waals surface area (Å²) in [6.45, 7) is 0.328. The van der Waals surface area contributed by atoms with E-state index in [1.54, 1.807) is 24.3 Å². The number of hydrogen-bond acceptors (Lipinski definition) is 7. The van der Waals surface area contributed by atoms with E-state index < -0.39 is 5.97 Å². The molecule has 2 aliphatic heterocycles.